The van der Waals surface area contributed by atoms with Crippen molar-refractivity contribution in [3.8, 4) is 0 Å². The van der Waals surface area contributed by atoms with Crippen LogP contribution in [0.3, 0.4) is 0 Å². The average molecular weight is 272 g/mol. The molecule has 0 rings (SSSR count). The number of hydrogen-bond donors (Lipinski definition) is 0. The highest BCUT2D eigenvalue weighted by Crippen LogP contribution is 2.15. The molecule has 0 aliphatic rings. The van der Waals surface area contributed by atoms with Gasteiger partial charge >= 0.3 is 5.97 Å². The van der Waals surface area contributed by atoms with Crippen molar-refractivity contribution in [3.05, 3.63) is 25.0 Å². The summed E-state index contributed by atoms with van der Waals surface area (Å²) < 4.78 is 21.2. The Balaban J connectivity index is 4.02. The van der Waals surface area contributed by atoms with Gasteiger partial charge < -0.3 is 18.9 Å². The Labute approximate surface area is 115 Å². The highest BCUT2D eigenvalue weighted by Gasteiger charge is 2.22. The quantitative estimate of drug-likeness (QED) is 0.279. The Morgan fingerprint density at radius 3 is 2.42 bits per heavy atom. The molecule has 0 saturated carbocycles. The number of carbonyl (C=O) groups excluding carboxylic acids is 1. The Hall–Kier alpha value is -1.33. The van der Waals surface area contributed by atoms with Crippen LogP contribution in [0.5, 0.6) is 0 Å². The van der Waals surface area contributed by atoms with E-state index in [0.29, 0.717) is 5.57 Å². The third-order valence-corrected chi connectivity index (χ3v) is 2.04. The molecule has 0 bridgehead atoms. The molecule has 0 saturated heterocycles. The molecule has 0 spiro atoms. The van der Waals surface area contributed by atoms with Crippen LogP contribution in [0.2, 0.25) is 0 Å². The summed E-state index contributed by atoms with van der Waals surface area (Å²) in [5.74, 6) is -1.25. The van der Waals surface area contributed by atoms with Gasteiger partial charge in [-0.15, -0.1) is 0 Å². The Morgan fingerprint density at radius 1 is 1.37 bits per heavy atom. The predicted molar refractivity (Wildman–Crippen MR) is 72.2 cm³/mol. The second-order valence-corrected chi connectivity index (χ2v) is 4.70. The van der Waals surface area contributed by atoms with Crippen LogP contribution in [-0.2, 0) is 23.7 Å². The van der Waals surface area contributed by atoms with Crippen LogP contribution < -0.4 is 0 Å². The van der Waals surface area contributed by atoms with Crippen molar-refractivity contribution in [2.24, 2.45) is 0 Å². The molecule has 0 amide bonds. The smallest absolute Gasteiger partial charge is 0.333 e. The van der Waals surface area contributed by atoms with Gasteiger partial charge in [-0.25, -0.2) is 4.79 Å². The molecule has 110 valence electrons. The van der Waals surface area contributed by atoms with Crippen molar-refractivity contribution in [3.63, 3.8) is 0 Å². The van der Waals surface area contributed by atoms with Gasteiger partial charge in [-0.2, -0.15) is 0 Å². The molecule has 0 aromatic carbocycles. The molecule has 0 fully saturated rings. The highest BCUT2D eigenvalue weighted by atomic mass is 16.8. The summed E-state index contributed by atoms with van der Waals surface area (Å²) >= 11 is 0. The monoisotopic (exact) mass is 272 g/mol. The summed E-state index contributed by atoms with van der Waals surface area (Å²) in [6, 6.07) is 0. The van der Waals surface area contributed by atoms with Crippen LogP contribution >= 0.6 is 0 Å². The second kappa shape index (κ2) is 7.96. The third-order valence-electron chi connectivity index (χ3n) is 2.04. The van der Waals surface area contributed by atoms with Gasteiger partial charge in [0.2, 0.25) is 5.79 Å². The van der Waals surface area contributed by atoms with E-state index in [9.17, 15) is 4.79 Å². The first-order valence-electron chi connectivity index (χ1n) is 6.12. The van der Waals surface area contributed by atoms with Crippen molar-refractivity contribution in [2.75, 3.05) is 6.61 Å². The van der Waals surface area contributed by atoms with Gasteiger partial charge in [0.05, 0.1) is 12.9 Å². The van der Waals surface area contributed by atoms with Gasteiger partial charge in [0.1, 0.15) is 6.10 Å². The van der Waals surface area contributed by atoms with E-state index in [-0.39, 0.29) is 12.7 Å². The first kappa shape index (κ1) is 17.7. The topological polar surface area (TPSA) is 54.0 Å². The Bertz CT molecular complexity index is 322. The van der Waals surface area contributed by atoms with Crippen LogP contribution in [-0.4, -0.2) is 30.8 Å². The molecule has 0 radical (unpaired) electrons. The van der Waals surface area contributed by atoms with Crippen LogP contribution in [0.4, 0.5) is 0 Å². The first-order chi connectivity index (χ1) is 8.68. The molecule has 5 heteroatoms. The van der Waals surface area contributed by atoms with Gasteiger partial charge in [-0.1, -0.05) is 13.2 Å². The van der Waals surface area contributed by atoms with Gasteiger partial charge in [-0.05, 0) is 20.8 Å². The Kier molecular flexibility index (Phi) is 7.41. The number of esters is 1. The zero-order chi connectivity index (χ0) is 15.1. The summed E-state index contributed by atoms with van der Waals surface area (Å²) in [6.07, 6.45) is 0.434. The van der Waals surface area contributed by atoms with E-state index in [1.165, 1.54) is 6.26 Å². The van der Waals surface area contributed by atoms with E-state index < -0.39 is 18.0 Å². The lowest BCUT2D eigenvalue weighted by molar-refractivity contribution is -0.274. The number of carbonyl (C=O) groups is 1. The number of ether oxygens (including phenoxy) is 4. The minimum absolute atomic E-state index is 0.227. The lowest BCUT2D eigenvalue weighted by Gasteiger charge is -2.28. The molecule has 2 atom stereocenters. The molecule has 19 heavy (non-hydrogen) atoms. The molecular weight excluding hydrogens is 248 g/mol. The third kappa shape index (κ3) is 8.40. The maximum absolute atomic E-state index is 11.3. The summed E-state index contributed by atoms with van der Waals surface area (Å²) in [4.78, 5) is 11.3. The maximum Gasteiger partial charge on any atom is 0.333 e. The standard InChI is InChI=1S/C14H24O5/c1-8-17-14(6,7)19-12(5)16-9-11(4)18-13(15)10(2)3/h8,11-12H,1-2,9H2,3-7H3. The average Bonchev–Trinajstić information content (AvgIpc) is 2.25. The Morgan fingerprint density at radius 2 is 1.95 bits per heavy atom. The SMILES string of the molecule is C=COC(C)(C)OC(C)OCC(C)OC(=O)C(=C)C. The minimum Gasteiger partial charge on any atom is -0.471 e. The maximum atomic E-state index is 11.3. The van der Waals surface area contributed by atoms with E-state index in [0.717, 1.165) is 0 Å². The molecule has 0 heterocycles. The lowest BCUT2D eigenvalue weighted by Crippen LogP contribution is -2.33. The van der Waals surface area contributed by atoms with Crippen LogP contribution in [0.25, 0.3) is 0 Å². The normalized spacial score (nSPS) is 14.4. The van der Waals surface area contributed by atoms with Crippen LogP contribution in [0.1, 0.15) is 34.6 Å². The van der Waals surface area contributed by atoms with Gasteiger partial charge in [0.25, 0.3) is 0 Å². The van der Waals surface area contributed by atoms with Gasteiger partial charge in [-0.3, -0.25) is 0 Å². The molecular formula is C14H24O5. The number of rotatable bonds is 9. The minimum atomic E-state index is -0.821. The summed E-state index contributed by atoms with van der Waals surface area (Å²) in [7, 11) is 0. The fourth-order valence-electron chi connectivity index (χ4n) is 1.25. The predicted octanol–water partition coefficient (Wildman–Crippen LogP) is 2.77. The van der Waals surface area contributed by atoms with Crippen molar-refractivity contribution >= 4 is 5.97 Å². The van der Waals surface area contributed by atoms with E-state index in [2.05, 4.69) is 13.2 Å². The molecule has 2 unspecified atom stereocenters. The second-order valence-electron chi connectivity index (χ2n) is 4.70. The van der Waals surface area contributed by atoms with Gasteiger partial charge in [0.15, 0.2) is 6.29 Å². The summed E-state index contributed by atoms with van der Waals surface area (Å²) in [5, 5.41) is 0. The largest absolute Gasteiger partial charge is 0.471 e. The first-order valence-corrected chi connectivity index (χ1v) is 6.12. The van der Waals surface area contributed by atoms with E-state index in [1.54, 1.807) is 34.6 Å². The van der Waals surface area contributed by atoms with Crippen LogP contribution in [0.15, 0.2) is 25.0 Å². The fourth-order valence-corrected chi connectivity index (χ4v) is 1.25. The van der Waals surface area contributed by atoms with E-state index in [4.69, 9.17) is 18.9 Å². The molecule has 0 aromatic rings. The molecule has 0 aromatic heterocycles. The summed E-state index contributed by atoms with van der Waals surface area (Å²) in [5.41, 5.74) is 0.358. The lowest BCUT2D eigenvalue weighted by atomic mass is 10.3. The van der Waals surface area contributed by atoms with Crippen molar-refractivity contribution in [1.82, 2.24) is 0 Å². The van der Waals surface area contributed by atoms with Crippen LogP contribution in [0, 0.1) is 0 Å². The number of hydrogen-bond acceptors (Lipinski definition) is 5. The molecule has 0 N–H and O–H groups in total. The van der Waals surface area contributed by atoms with E-state index in [1.807, 2.05) is 0 Å². The fraction of sp³-hybridized carbons (Fsp3) is 0.643. The van der Waals surface area contributed by atoms with Crippen molar-refractivity contribution < 1.29 is 23.7 Å². The molecule has 5 nitrogen and oxygen atoms in total. The van der Waals surface area contributed by atoms with Gasteiger partial charge in [0, 0.05) is 19.4 Å². The highest BCUT2D eigenvalue weighted by molar-refractivity contribution is 5.87. The van der Waals surface area contributed by atoms with Crippen molar-refractivity contribution in [2.45, 2.75) is 52.8 Å². The molecule has 0 aliphatic heterocycles. The summed E-state index contributed by atoms with van der Waals surface area (Å²) in [6.45, 7) is 15.8. The molecule has 0 aliphatic carbocycles. The zero-order valence-corrected chi connectivity index (χ0v) is 12.4. The zero-order valence-electron chi connectivity index (χ0n) is 12.4. The van der Waals surface area contributed by atoms with Crippen molar-refractivity contribution in [1.29, 1.82) is 0 Å². The van der Waals surface area contributed by atoms with E-state index >= 15 is 0 Å².